The molecule has 2 aromatic carbocycles. The number of benzene rings is 2. The topological polar surface area (TPSA) is 67.4 Å². The van der Waals surface area contributed by atoms with Crippen LogP contribution in [0.4, 0.5) is 5.69 Å². The van der Waals surface area contributed by atoms with Gasteiger partial charge in [0.25, 0.3) is 5.91 Å². The van der Waals surface area contributed by atoms with Gasteiger partial charge in [0.15, 0.2) is 17.5 Å². The second kappa shape index (κ2) is 8.73. The number of ether oxygens (including phenoxy) is 1. The number of thiocarbonyl (C=S) groups is 1. The van der Waals surface area contributed by atoms with Crippen LogP contribution in [-0.2, 0) is 4.79 Å². The van der Waals surface area contributed by atoms with Crippen LogP contribution in [0.5, 0.6) is 5.75 Å². The van der Waals surface area contributed by atoms with E-state index in [0.717, 1.165) is 10.0 Å². The Morgan fingerprint density at radius 3 is 2.44 bits per heavy atom. The summed E-state index contributed by atoms with van der Waals surface area (Å²) in [6, 6.07) is 12.4. The van der Waals surface area contributed by atoms with Crippen LogP contribution in [0.25, 0.3) is 0 Å². The van der Waals surface area contributed by atoms with Crippen LogP contribution in [0.3, 0.4) is 0 Å². The number of halogens is 1. The van der Waals surface area contributed by atoms with Gasteiger partial charge in [-0.1, -0.05) is 15.9 Å². The van der Waals surface area contributed by atoms with Crippen molar-refractivity contribution in [3.05, 3.63) is 58.1 Å². The number of aryl methyl sites for hydroxylation is 1. The highest BCUT2D eigenvalue weighted by atomic mass is 79.9. The van der Waals surface area contributed by atoms with Crippen molar-refractivity contribution in [1.82, 2.24) is 5.32 Å². The zero-order chi connectivity index (χ0) is 18.4. The molecule has 0 fully saturated rings. The van der Waals surface area contributed by atoms with Crippen molar-refractivity contribution in [2.75, 3.05) is 11.9 Å². The summed E-state index contributed by atoms with van der Waals surface area (Å²) in [6.07, 6.45) is 0. The van der Waals surface area contributed by atoms with Crippen molar-refractivity contribution < 1.29 is 14.3 Å². The third-order valence-corrected chi connectivity index (χ3v) is 4.00. The van der Waals surface area contributed by atoms with Crippen LogP contribution >= 0.6 is 28.1 Å². The van der Waals surface area contributed by atoms with Crippen molar-refractivity contribution >= 4 is 50.6 Å². The molecule has 25 heavy (non-hydrogen) atoms. The van der Waals surface area contributed by atoms with Crippen LogP contribution < -0.4 is 15.4 Å². The van der Waals surface area contributed by atoms with E-state index in [9.17, 15) is 9.59 Å². The quantitative estimate of drug-likeness (QED) is 0.567. The Bertz CT molecular complexity index is 806. The molecule has 0 aliphatic heterocycles. The summed E-state index contributed by atoms with van der Waals surface area (Å²) in [5.41, 5.74) is 2.21. The molecule has 0 aliphatic carbocycles. The average molecular weight is 421 g/mol. The van der Waals surface area contributed by atoms with E-state index < -0.39 is 0 Å². The number of hydrogen-bond donors (Lipinski definition) is 2. The van der Waals surface area contributed by atoms with Crippen molar-refractivity contribution in [2.24, 2.45) is 0 Å². The Balaban J connectivity index is 1.83. The minimum Gasteiger partial charge on any atom is -0.483 e. The van der Waals surface area contributed by atoms with E-state index in [4.69, 9.17) is 17.0 Å². The smallest absolute Gasteiger partial charge is 0.264 e. The number of ketones is 1. The zero-order valence-electron chi connectivity index (χ0n) is 13.8. The van der Waals surface area contributed by atoms with Gasteiger partial charge in [-0.2, -0.15) is 0 Å². The van der Waals surface area contributed by atoms with Gasteiger partial charge < -0.3 is 10.1 Å². The second-order valence-electron chi connectivity index (χ2n) is 5.33. The standard InChI is InChI=1S/C18H17BrN2O3S/c1-11-9-14(19)5-8-16(11)24-10-17(23)21-18(25)20-15-6-3-13(4-7-15)12(2)22/h3-9H,10H2,1-2H3,(H2,20,21,23,25). The number of anilines is 1. The molecule has 7 heteroatoms. The zero-order valence-corrected chi connectivity index (χ0v) is 16.2. The van der Waals surface area contributed by atoms with Gasteiger partial charge >= 0.3 is 0 Å². The van der Waals surface area contributed by atoms with Gasteiger partial charge in [0, 0.05) is 15.7 Å². The Morgan fingerprint density at radius 2 is 1.84 bits per heavy atom. The van der Waals surface area contributed by atoms with Gasteiger partial charge in [-0.15, -0.1) is 0 Å². The first-order valence-electron chi connectivity index (χ1n) is 7.46. The van der Waals surface area contributed by atoms with Crippen molar-refractivity contribution in [2.45, 2.75) is 13.8 Å². The third-order valence-electron chi connectivity index (χ3n) is 3.30. The van der Waals surface area contributed by atoms with Gasteiger partial charge in [-0.05, 0) is 74.1 Å². The predicted molar refractivity (Wildman–Crippen MR) is 105 cm³/mol. The van der Waals surface area contributed by atoms with Gasteiger partial charge in [-0.25, -0.2) is 0 Å². The van der Waals surface area contributed by atoms with E-state index in [1.54, 1.807) is 30.3 Å². The van der Waals surface area contributed by atoms with E-state index in [1.165, 1.54) is 6.92 Å². The summed E-state index contributed by atoms with van der Waals surface area (Å²) in [4.78, 5) is 23.2. The highest BCUT2D eigenvalue weighted by Crippen LogP contribution is 2.21. The summed E-state index contributed by atoms with van der Waals surface area (Å²) < 4.78 is 6.44. The molecule has 0 bridgehead atoms. The lowest BCUT2D eigenvalue weighted by Crippen LogP contribution is -2.37. The molecule has 0 radical (unpaired) electrons. The fourth-order valence-electron chi connectivity index (χ4n) is 2.03. The Kier molecular flexibility index (Phi) is 6.66. The molecule has 0 aliphatic rings. The highest BCUT2D eigenvalue weighted by molar-refractivity contribution is 9.10. The van der Waals surface area contributed by atoms with E-state index in [1.807, 2.05) is 19.1 Å². The number of Topliss-reactive ketones (excluding diaryl/α,β-unsaturated/α-hetero) is 1. The lowest BCUT2D eigenvalue weighted by molar-refractivity contribution is -0.121. The molecule has 0 spiro atoms. The maximum atomic E-state index is 11.9. The number of amides is 1. The van der Waals surface area contributed by atoms with Crippen LogP contribution in [0.1, 0.15) is 22.8 Å². The number of rotatable bonds is 5. The molecule has 0 saturated heterocycles. The summed E-state index contributed by atoms with van der Waals surface area (Å²) >= 11 is 8.47. The predicted octanol–water partition coefficient (Wildman–Crippen LogP) is 3.85. The molecule has 0 aromatic heterocycles. The largest absolute Gasteiger partial charge is 0.483 e. The first-order valence-corrected chi connectivity index (χ1v) is 8.66. The summed E-state index contributed by atoms with van der Waals surface area (Å²) in [6.45, 7) is 3.25. The summed E-state index contributed by atoms with van der Waals surface area (Å²) in [5.74, 6) is 0.264. The average Bonchev–Trinajstić information content (AvgIpc) is 2.54. The molecule has 0 heterocycles. The Morgan fingerprint density at radius 1 is 1.16 bits per heavy atom. The SMILES string of the molecule is CC(=O)c1ccc(NC(=S)NC(=O)COc2ccc(Br)cc2C)cc1. The van der Waals surface area contributed by atoms with Gasteiger partial charge in [0.1, 0.15) is 5.75 Å². The monoisotopic (exact) mass is 420 g/mol. The number of carbonyl (C=O) groups is 2. The van der Waals surface area contributed by atoms with Crippen LogP contribution in [0.15, 0.2) is 46.9 Å². The molecule has 2 rings (SSSR count). The van der Waals surface area contributed by atoms with Crippen molar-refractivity contribution in [3.63, 3.8) is 0 Å². The molecule has 0 unspecified atom stereocenters. The van der Waals surface area contributed by atoms with Crippen molar-refractivity contribution in [1.29, 1.82) is 0 Å². The maximum Gasteiger partial charge on any atom is 0.264 e. The van der Waals surface area contributed by atoms with Crippen LogP contribution in [0, 0.1) is 6.92 Å². The molecule has 5 nitrogen and oxygen atoms in total. The Hall–Kier alpha value is -2.25. The van der Waals surface area contributed by atoms with Crippen LogP contribution in [0.2, 0.25) is 0 Å². The lowest BCUT2D eigenvalue weighted by Gasteiger charge is -2.12. The first kappa shape index (κ1) is 19.1. The molecule has 2 N–H and O–H groups in total. The van der Waals surface area contributed by atoms with Crippen molar-refractivity contribution in [3.8, 4) is 5.75 Å². The fourth-order valence-corrected chi connectivity index (χ4v) is 2.74. The second-order valence-corrected chi connectivity index (χ2v) is 6.66. The molecule has 1 amide bonds. The first-order chi connectivity index (χ1) is 11.8. The van der Waals surface area contributed by atoms with Gasteiger partial charge in [0.2, 0.25) is 0 Å². The van der Waals surface area contributed by atoms with E-state index in [0.29, 0.717) is 17.0 Å². The molecule has 0 saturated carbocycles. The van der Waals surface area contributed by atoms with E-state index in [-0.39, 0.29) is 23.4 Å². The fraction of sp³-hybridized carbons (Fsp3) is 0.167. The minimum absolute atomic E-state index is 0.0113. The third kappa shape index (κ3) is 5.95. The number of carbonyl (C=O) groups excluding carboxylic acids is 2. The van der Waals surface area contributed by atoms with Gasteiger partial charge in [-0.3, -0.25) is 14.9 Å². The minimum atomic E-state index is -0.361. The summed E-state index contributed by atoms with van der Waals surface area (Å²) in [5, 5.41) is 5.59. The highest BCUT2D eigenvalue weighted by Gasteiger charge is 2.08. The molecular formula is C18H17BrN2O3S. The maximum absolute atomic E-state index is 11.9. The van der Waals surface area contributed by atoms with Gasteiger partial charge in [0.05, 0.1) is 0 Å². The summed E-state index contributed by atoms with van der Waals surface area (Å²) in [7, 11) is 0. The normalized spacial score (nSPS) is 10.0. The van der Waals surface area contributed by atoms with Crippen LogP contribution in [-0.4, -0.2) is 23.4 Å². The lowest BCUT2D eigenvalue weighted by atomic mass is 10.1. The number of nitrogens with one attached hydrogen (secondary N) is 2. The van der Waals surface area contributed by atoms with E-state index >= 15 is 0 Å². The van der Waals surface area contributed by atoms with E-state index in [2.05, 4.69) is 26.6 Å². The molecule has 2 aromatic rings. The molecular weight excluding hydrogens is 404 g/mol. The Labute approximate surface area is 159 Å². The molecule has 130 valence electrons. The molecule has 0 atom stereocenters. The number of hydrogen-bond acceptors (Lipinski definition) is 4.